The van der Waals surface area contributed by atoms with Gasteiger partial charge in [0.05, 0.1) is 8.71 Å². The van der Waals surface area contributed by atoms with Crippen molar-refractivity contribution in [1.29, 1.82) is 0 Å². The standard InChI is InChI=1S/C11H7Br3N2O2S/c12-8-3-6(16(17)18)1-2-10(8)15-5-7-4-9(13)11(14)19-7/h1-4,15H,5H2. The van der Waals surface area contributed by atoms with Gasteiger partial charge in [-0.1, -0.05) is 0 Å². The van der Waals surface area contributed by atoms with E-state index in [0.717, 1.165) is 18.8 Å². The zero-order chi connectivity index (χ0) is 14.0. The molecule has 0 saturated heterocycles. The second kappa shape index (κ2) is 6.34. The fraction of sp³-hybridized carbons (Fsp3) is 0.0909. The third kappa shape index (κ3) is 3.77. The summed E-state index contributed by atoms with van der Waals surface area (Å²) in [6, 6.07) is 6.69. The summed E-state index contributed by atoms with van der Waals surface area (Å²) in [7, 11) is 0. The average Bonchev–Trinajstić information content (AvgIpc) is 2.67. The van der Waals surface area contributed by atoms with Gasteiger partial charge in [-0.3, -0.25) is 10.1 Å². The van der Waals surface area contributed by atoms with E-state index in [4.69, 9.17) is 0 Å². The first-order valence-corrected chi connectivity index (χ1v) is 8.28. The van der Waals surface area contributed by atoms with Crippen molar-refractivity contribution in [3.8, 4) is 0 Å². The Balaban J connectivity index is 2.09. The molecule has 2 rings (SSSR count). The Bertz CT molecular complexity index is 611. The Morgan fingerprint density at radius 3 is 2.47 bits per heavy atom. The van der Waals surface area contributed by atoms with E-state index < -0.39 is 4.92 Å². The van der Waals surface area contributed by atoms with Crippen LogP contribution >= 0.6 is 59.1 Å². The van der Waals surface area contributed by atoms with Crippen molar-refractivity contribution in [2.45, 2.75) is 6.54 Å². The SMILES string of the molecule is O=[N+]([O-])c1ccc(NCc2cc(Br)c(Br)s2)c(Br)c1. The maximum atomic E-state index is 10.6. The summed E-state index contributed by atoms with van der Waals surface area (Å²) in [6.07, 6.45) is 0. The number of anilines is 1. The molecule has 0 radical (unpaired) electrons. The molecular formula is C11H7Br3N2O2S. The summed E-state index contributed by atoms with van der Waals surface area (Å²) in [5.74, 6) is 0. The van der Waals surface area contributed by atoms with Crippen molar-refractivity contribution in [3.63, 3.8) is 0 Å². The molecule has 1 N–H and O–H groups in total. The summed E-state index contributed by atoms with van der Waals surface area (Å²) >= 11 is 11.8. The molecule has 1 heterocycles. The highest BCUT2D eigenvalue weighted by atomic mass is 79.9. The van der Waals surface area contributed by atoms with Gasteiger partial charge in [-0.25, -0.2) is 0 Å². The molecule has 0 atom stereocenters. The second-order valence-corrected chi connectivity index (χ2v) is 7.77. The van der Waals surface area contributed by atoms with E-state index in [1.54, 1.807) is 17.4 Å². The van der Waals surface area contributed by atoms with E-state index >= 15 is 0 Å². The van der Waals surface area contributed by atoms with Gasteiger partial charge >= 0.3 is 0 Å². The number of nitro benzene ring substituents is 1. The zero-order valence-electron chi connectivity index (χ0n) is 9.32. The maximum Gasteiger partial charge on any atom is 0.270 e. The number of nitrogens with one attached hydrogen (secondary N) is 1. The molecule has 0 amide bonds. The molecule has 4 nitrogen and oxygen atoms in total. The molecule has 100 valence electrons. The number of rotatable bonds is 4. The Labute approximate surface area is 138 Å². The molecule has 0 unspecified atom stereocenters. The molecule has 1 aromatic heterocycles. The van der Waals surface area contributed by atoms with E-state index in [2.05, 4.69) is 53.1 Å². The Kier molecular flexibility index (Phi) is 4.99. The Morgan fingerprint density at radius 1 is 1.21 bits per heavy atom. The van der Waals surface area contributed by atoms with Crippen LogP contribution in [0.1, 0.15) is 4.88 Å². The lowest BCUT2D eigenvalue weighted by atomic mass is 10.3. The number of hydrogen-bond donors (Lipinski definition) is 1. The molecule has 0 aliphatic heterocycles. The highest BCUT2D eigenvalue weighted by Crippen LogP contribution is 2.33. The van der Waals surface area contributed by atoms with Crippen LogP contribution in [0, 0.1) is 10.1 Å². The molecule has 0 bridgehead atoms. The van der Waals surface area contributed by atoms with E-state index in [1.165, 1.54) is 12.1 Å². The fourth-order valence-corrected chi connectivity index (χ4v) is 4.05. The molecule has 2 aromatic rings. The first kappa shape index (κ1) is 15.0. The van der Waals surface area contributed by atoms with E-state index in [1.807, 2.05) is 6.07 Å². The highest BCUT2D eigenvalue weighted by Gasteiger charge is 2.09. The number of benzene rings is 1. The maximum absolute atomic E-state index is 10.6. The van der Waals surface area contributed by atoms with Crippen molar-refractivity contribution in [2.75, 3.05) is 5.32 Å². The quantitative estimate of drug-likeness (QED) is 0.470. The molecule has 0 aliphatic rings. The number of thiophene rings is 1. The number of non-ortho nitro benzene ring substituents is 1. The highest BCUT2D eigenvalue weighted by molar-refractivity contribution is 9.13. The molecule has 8 heteroatoms. The van der Waals surface area contributed by atoms with Gasteiger partial charge in [0.15, 0.2) is 0 Å². The van der Waals surface area contributed by atoms with Crippen LogP contribution < -0.4 is 5.32 Å². The van der Waals surface area contributed by atoms with E-state index in [9.17, 15) is 10.1 Å². The van der Waals surface area contributed by atoms with Crippen molar-refractivity contribution in [1.82, 2.24) is 0 Å². The molecule has 0 fully saturated rings. The van der Waals surface area contributed by atoms with Crippen molar-refractivity contribution < 1.29 is 4.92 Å². The molecule has 0 aliphatic carbocycles. The van der Waals surface area contributed by atoms with Crippen LogP contribution in [-0.4, -0.2) is 4.92 Å². The molecule has 0 saturated carbocycles. The topological polar surface area (TPSA) is 55.2 Å². The minimum absolute atomic E-state index is 0.0686. The van der Waals surface area contributed by atoms with Gasteiger partial charge in [-0.2, -0.15) is 0 Å². The van der Waals surface area contributed by atoms with Gasteiger partial charge in [0.1, 0.15) is 0 Å². The van der Waals surface area contributed by atoms with Crippen LogP contribution in [0.15, 0.2) is 37.0 Å². The summed E-state index contributed by atoms with van der Waals surface area (Å²) in [6.45, 7) is 0.658. The van der Waals surface area contributed by atoms with Gasteiger partial charge < -0.3 is 5.32 Å². The number of halogens is 3. The lowest BCUT2D eigenvalue weighted by Crippen LogP contribution is -1.98. The number of nitrogens with zero attached hydrogens (tertiary/aromatic N) is 1. The summed E-state index contributed by atoms with van der Waals surface area (Å²) in [4.78, 5) is 11.4. The minimum atomic E-state index is -0.415. The average molecular weight is 471 g/mol. The monoisotopic (exact) mass is 468 g/mol. The predicted molar refractivity (Wildman–Crippen MR) is 87.8 cm³/mol. The third-order valence-corrected chi connectivity index (χ3v) is 6.23. The van der Waals surface area contributed by atoms with Crippen molar-refractivity contribution >= 4 is 70.5 Å². The zero-order valence-corrected chi connectivity index (χ0v) is 14.9. The Hall–Kier alpha value is -0.440. The van der Waals surface area contributed by atoms with Gasteiger partial charge in [0.2, 0.25) is 0 Å². The molecule has 0 spiro atoms. The van der Waals surface area contributed by atoms with Gasteiger partial charge in [-0.05, 0) is 59.9 Å². The number of nitro groups is 1. The van der Waals surface area contributed by atoms with Gasteiger partial charge in [-0.15, -0.1) is 11.3 Å². The summed E-state index contributed by atoms with van der Waals surface area (Å²) < 4.78 is 2.75. The third-order valence-electron chi connectivity index (χ3n) is 2.31. The fourth-order valence-electron chi connectivity index (χ4n) is 1.42. The minimum Gasteiger partial charge on any atom is -0.379 e. The van der Waals surface area contributed by atoms with Crippen LogP contribution in [-0.2, 0) is 6.54 Å². The van der Waals surface area contributed by atoms with Crippen LogP contribution in [0.3, 0.4) is 0 Å². The second-order valence-electron chi connectivity index (χ2n) is 3.61. The van der Waals surface area contributed by atoms with Crippen LogP contribution in [0.2, 0.25) is 0 Å². The molecular weight excluding hydrogens is 464 g/mol. The first-order valence-electron chi connectivity index (χ1n) is 5.09. The van der Waals surface area contributed by atoms with Crippen LogP contribution in [0.4, 0.5) is 11.4 Å². The summed E-state index contributed by atoms with van der Waals surface area (Å²) in [5, 5.41) is 13.9. The van der Waals surface area contributed by atoms with Crippen molar-refractivity contribution in [2.24, 2.45) is 0 Å². The lowest BCUT2D eigenvalue weighted by Gasteiger charge is -2.06. The Morgan fingerprint density at radius 2 is 1.95 bits per heavy atom. The molecule has 1 aromatic carbocycles. The van der Waals surface area contributed by atoms with Crippen molar-refractivity contribution in [3.05, 3.63) is 52.0 Å². The smallest absolute Gasteiger partial charge is 0.270 e. The first-order chi connectivity index (χ1) is 8.97. The normalized spacial score (nSPS) is 10.5. The molecule has 19 heavy (non-hydrogen) atoms. The predicted octanol–water partition coefficient (Wildman–Crippen LogP) is 5.56. The number of hydrogen-bond acceptors (Lipinski definition) is 4. The van der Waals surface area contributed by atoms with Crippen LogP contribution in [0.5, 0.6) is 0 Å². The lowest BCUT2D eigenvalue weighted by molar-refractivity contribution is -0.384. The van der Waals surface area contributed by atoms with Gasteiger partial charge in [0, 0.05) is 38.2 Å². The summed E-state index contributed by atoms with van der Waals surface area (Å²) in [5.41, 5.74) is 0.894. The van der Waals surface area contributed by atoms with E-state index in [-0.39, 0.29) is 5.69 Å². The van der Waals surface area contributed by atoms with Gasteiger partial charge in [0.25, 0.3) is 5.69 Å². The van der Waals surface area contributed by atoms with Crippen LogP contribution in [0.25, 0.3) is 0 Å². The largest absolute Gasteiger partial charge is 0.379 e. The van der Waals surface area contributed by atoms with E-state index in [0.29, 0.717) is 11.0 Å².